The number of ether oxygens (including phenoxy) is 1. The first-order chi connectivity index (χ1) is 8.11. The highest BCUT2D eigenvalue weighted by Crippen LogP contribution is 2.25. The molecule has 0 unspecified atom stereocenters. The molecule has 0 aliphatic heterocycles. The van der Waals surface area contributed by atoms with Gasteiger partial charge in [0, 0.05) is 18.7 Å². The van der Waals surface area contributed by atoms with E-state index < -0.39 is 0 Å². The van der Waals surface area contributed by atoms with Gasteiger partial charge >= 0.3 is 0 Å². The molecule has 0 saturated heterocycles. The molecule has 0 atom stereocenters. The van der Waals surface area contributed by atoms with Crippen molar-refractivity contribution in [3.63, 3.8) is 0 Å². The highest BCUT2D eigenvalue weighted by Gasteiger charge is 2.10. The van der Waals surface area contributed by atoms with Crippen molar-refractivity contribution in [1.82, 2.24) is 9.78 Å². The second kappa shape index (κ2) is 4.37. The monoisotopic (exact) mass is 234 g/mol. The summed E-state index contributed by atoms with van der Waals surface area (Å²) in [7, 11) is 2.98. The summed E-state index contributed by atoms with van der Waals surface area (Å²) in [6.45, 7) is 0. The van der Waals surface area contributed by atoms with Crippen molar-refractivity contribution in [2.24, 2.45) is 7.05 Å². The van der Waals surface area contributed by atoms with Crippen LogP contribution >= 0.6 is 0 Å². The maximum atomic E-state index is 13.1. The molecule has 5 heteroatoms. The molecule has 2 aromatic rings. The van der Waals surface area contributed by atoms with E-state index >= 15 is 0 Å². The Kier molecular flexibility index (Phi) is 2.91. The van der Waals surface area contributed by atoms with E-state index in [0.717, 1.165) is 0 Å². The predicted molar refractivity (Wildman–Crippen MR) is 61.4 cm³/mol. The topological polar surface area (TPSA) is 44.1 Å². The van der Waals surface area contributed by atoms with Crippen LogP contribution in [0.2, 0.25) is 0 Å². The van der Waals surface area contributed by atoms with Gasteiger partial charge in [-0.3, -0.25) is 4.79 Å². The van der Waals surface area contributed by atoms with Crippen LogP contribution in [0.5, 0.6) is 5.75 Å². The fourth-order valence-electron chi connectivity index (χ4n) is 1.51. The predicted octanol–water partition coefficient (Wildman–Crippen LogP) is 1.59. The molecule has 0 amide bonds. The first-order valence-corrected chi connectivity index (χ1v) is 5.00. The van der Waals surface area contributed by atoms with Gasteiger partial charge in [-0.25, -0.2) is 9.07 Å². The molecule has 4 nitrogen and oxygen atoms in total. The van der Waals surface area contributed by atoms with Gasteiger partial charge in [0.25, 0.3) is 5.56 Å². The molecule has 0 spiro atoms. The molecular formula is C12H11FN2O2. The fourth-order valence-corrected chi connectivity index (χ4v) is 1.51. The van der Waals surface area contributed by atoms with Crippen LogP contribution in [0.15, 0.2) is 35.1 Å². The van der Waals surface area contributed by atoms with Crippen LogP contribution < -0.4 is 10.3 Å². The quantitative estimate of drug-likeness (QED) is 0.792. The van der Waals surface area contributed by atoms with Crippen LogP contribution in [-0.4, -0.2) is 16.9 Å². The van der Waals surface area contributed by atoms with Crippen LogP contribution in [0.1, 0.15) is 0 Å². The SMILES string of the molecule is COc1cc(=O)n(C)nc1-c1cccc(F)c1. The van der Waals surface area contributed by atoms with Crippen molar-refractivity contribution in [2.45, 2.75) is 0 Å². The molecule has 1 heterocycles. The van der Waals surface area contributed by atoms with E-state index in [4.69, 9.17) is 4.74 Å². The van der Waals surface area contributed by atoms with Gasteiger partial charge in [0.1, 0.15) is 11.5 Å². The van der Waals surface area contributed by atoms with Gasteiger partial charge in [-0.2, -0.15) is 5.10 Å². The number of hydrogen-bond acceptors (Lipinski definition) is 3. The van der Waals surface area contributed by atoms with Crippen molar-refractivity contribution < 1.29 is 9.13 Å². The number of nitrogens with zero attached hydrogens (tertiary/aromatic N) is 2. The zero-order valence-electron chi connectivity index (χ0n) is 9.48. The summed E-state index contributed by atoms with van der Waals surface area (Å²) in [5.41, 5.74) is 0.730. The molecular weight excluding hydrogens is 223 g/mol. The first-order valence-electron chi connectivity index (χ1n) is 5.00. The maximum Gasteiger partial charge on any atom is 0.270 e. The van der Waals surface area contributed by atoms with E-state index in [-0.39, 0.29) is 11.4 Å². The van der Waals surface area contributed by atoms with E-state index in [2.05, 4.69) is 5.10 Å². The average molecular weight is 234 g/mol. The Labute approximate surface area is 97.3 Å². The van der Waals surface area contributed by atoms with Crippen LogP contribution in [0.4, 0.5) is 4.39 Å². The van der Waals surface area contributed by atoms with Gasteiger partial charge in [-0.15, -0.1) is 0 Å². The van der Waals surface area contributed by atoms with Crippen LogP contribution in [0.25, 0.3) is 11.3 Å². The van der Waals surface area contributed by atoms with Crippen molar-refractivity contribution in [3.8, 4) is 17.0 Å². The van der Waals surface area contributed by atoms with Crippen molar-refractivity contribution in [1.29, 1.82) is 0 Å². The maximum absolute atomic E-state index is 13.1. The number of methoxy groups -OCH3 is 1. The molecule has 0 aliphatic carbocycles. The van der Waals surface area contributed by atoms with Crippen molar-refractivity contribution in [2.75, 3.05) is 7.11 Å². The zero-order valence-corrected chi connectivity index (χ0v) is 9.48. The van der Waals surface area contributed by atoms with Gasteiger partial charge in [0.15, 0.2) is 5.75 Å². The first kappa shape index (κ1) is 11.3. The second-order valence-corrected chi connectivity index (χ2v) is 3.53. The lowest BCUT2D eigenvalue weighted by atomic mass is 10.1. The standard InChI is InChI=1S/C12H11FN2O2/c1-15-11(16)7-10(17-2)12(14-15)8-4-3-5-9(13)6-8/h3-7H,1-2H3. The molecule has 0 bridgehead atoms. The smallest absolute Gasteiger partial charge is 0.270 e. The lowest BCUT2D eigenvalue weighted by Crippen LogP contribution is -2.19. The third kappa shape index (κ3) is 2.18. The molecule has 0 aliphatic rings. The minimum Gasteiger partial charge on any atom is -0.494 e. The molecule has 0 radical (unpaired) electrons. The summed E-state index contributed by atoms with van der Waals surface area (Å²) >= 11 is 0. The summed E-state index contributed by atoms with van der Waals surface area (Å²) in [6.07, 6.45) is 0. The normalized spacial score (nSPS) is 10.3. The minimum atomic E-state index is -0.361. The third-order valence-electron chi connectivity index (χ3n) is 2.37. The summed E-state index contributed by atoms with van der Waals surface area (Å²) in [5, 5.41) is 4.07. The minimum absolute atomic E-state index is 0.276. The highest BCUT2D eigenvalue weighted by atomic mass is 19.1. The molecule has 0 N–H and O–H groups in total. The van der Waals surface area contributed by atoms with E-state index in [0.29, 0.717) is 17.0 Å². The lowest BCUT2D eigenvalue weighted by molar-refractivity contribution is 0.410. The Morgan fingerprint density at radius 3 is 2.76 bits per heavy atom. The molecule has 1 aromatic carbocycles. The van der Waals surface area contributed by atoms with Crippen LogP contribution in [0, 0.1) is 5.82 Å². The largest absolute Gasteiger partial charge is 0.494 e. The highest BCUT2D eigenvalue weighted by molar-refractivity contribution is 5.65. The van der Waals surface area contributed by atoms with Crippen molar-refractivity contribution in [3.05, 3.63) is 46.5 Å². The van der Waals surface area contributed by atoms with E-state index in [1.54, 1.807) is 12.1 Å². The van der Waals surface area contributed by atoms with E-state index in [1.165, 1.54) is 37.0 Å². The van der Waals surface area contributed by atoms with Crippen LogP contribution in [-0.2, 0) is 7.05 Å². The van der Waals surface area contributed by atoms with Gasteiger partial charge in [0.05, 0.1) is 7.11 Å². The fraction of sp³-hybridized carbons (Fsp3) is 0.167. The molecule has 2 rings (SSSR count). The summed E-state index contributed by atoms with van der Waals surface area (Å²) in [4.78, 5) is 11.4. The van der Waals surface area contributed by atoms with Gasteiger partial charge in [-0.05, 0) is 12.1 Å². The number of rotatable bonds is 2. The van der Waals surface area contributed by atoms with Crippen molar-refractivity contribution >= 4 is 0 Å². The Morgan fingerprint density at radius 2 is 2.12 bits per heavy atom. The van der Waals surface area contributed by atoms with Crippen LogP contribution in [0.3, 0.4) is 0 Å². The summed E-state index contributed by atoms with van der Waals surface area (Å²) < 4.78 is 19.4. The molecule has 0 fully saturated rings. The number of aryl methyl sites for hydroxylation is 1. The van der Waals surface area contributed by atoms with Gasteiger partial charge in [-0.1, -0.05) is 12.1 Å². The van der Waals surface area contributed by atoms with E-state index in [1.807, 2.05) is 0 Å². The molecule has 88 valence electrons. The second-order valence-electron chi connectivity index (χ2n) is 3.53. The average Bonchev–Trinajstić information content (AvgIpc) is 2.32. The van der Waals surface area contributed by atoms with E-state index in [9.17, 15) is 9.18 Å². The Morgan fingerprint density at radius 1 is 1.35 bits per heavy atom. The Bertz CT molecular complexity index is 608. The summed E-state index contributed by atoms with van der Waals surface area (Å²) in [5.74, 6) is -0.0288. The van der Waals surface area contributed by atoms with Gasteiger partial charge < -0.3 is 4.74 Å². The Hall–Kier alpha value is -2.17. The van der Waals surface area contributed by atoms with Gasteiger partial charge in [0.2, 0.25) is 0 Å². The number of benzene rings is 1. The number of halogens is 1. The molecule has 17 heavy (non-hydrogen) atoms. The Balaban J connectivity index is 2.66. The molecule has 1 aromatic heterocycles. The number of aromatic nitrogens is 2. The number of hydrogen-bond donors (Lipinski definition) is 0. The lowest BCUT2D eigenvalue weighted by Gasteiger charge is -2.08. The third-order valence-corrected chi connectivity index (χ3v) is 2.37. The zero-order chi connectivity index (χ0) is 12.4. The molecule has 0 saturated carbocycles. The summed E-state index contributed by atoms with van der Waals surface area (Å²) in [6, 6.07) is 7.30.